The van der Waals surface area contributed by atoms with Gasteiger partial charge in [-0.25, -0.2) is 0 Å². The second kappa shape index (κ2) is 5.08. The third-order valence-corrected chi connectivity index (χ3v) is 3.85. The van der Waals surface area contributed by atoms with Crippen molar-refractivity contribution in [1.29, 1.82) is 0 Å². The van der Waals surface area contributed by atoms with E-state index in [1.165, 1.54) is 31.4 Å². The van der Waals surface area contributed by atoms with E-state index in [1.54, 1.807) is 0 Å². The van der Waals surface area contributed by atoms with Crippen LogP contribution in [0.5, 0.6) is 0 Å². The molecule has 17 heavy (non-hydrogen) atoms. The lowest BCUT2D eigenvalue weighted by Crippen LogP contribution is -2.31. The minimum atomic E-state index is 0.746. The van der Waals surface area contributed by atoms with Crippen LogP contribution in [0.1, 0.15) is 37.1 Å². The number of rotatable bonds is 3. The first-order chi connectivity index (χ1) is 8.42. The number of anilines is 1. The first kappa shape index (κ1) is 11.1. The van der Waals surface area contributed by atoms with Gasteiger partial charge in [-0.1, -0.05) is 0 Å². The fraction of sp³-hybridized carbons (Fsp3) is 0.769. The van der Waals surface area contributed by atoms with Gasteiger partial charge in [0.2, 0.25) is 0 Å². The van der Waals surface area contributed by atoms with Crippen LogP contribution in [0.15, 0.2) is 4.42 Å². The van der Waals surface area contributed by atoms with E-state index in [2.05, 4.69) is 15.6 Å². The molecule has 2 aliphatic rings. The number of aryl methyl sites for hydroxylation is 2. The van der Waals surface area contributed by atoms with Crippen LogP contribution >= 0.6 is 0 Å². The molecule has 0 aromatic carbocycles. The first-order valence-corrected chi connectivity index (χ1v) is 6.85. The summed E-state index contributed by atoms with van der Waals surface area (Å²) in [5, 5.41) is 6.75. The summed E-state index contributed by atoms with van der Waals surface area (Å²) in [6, 6.07) is 0.746. The van der Waals surface area contributed by atoms with Crippen molar-refractivity contribution >= 4 is 6.01 Å². The van der Waals surface area contributed by atoms with Crippen molar-refractivity contribution in [2.45, 2.75) is 38.5 Å². The molecule has 0 radical (unpaired) electrons. The van der Waals surface area contributed by atoms with Crippen molar-refractivity contribution in [3.05, 3.63) is 11.5 Å². The molecule has 1 aliphatic heterocycles. The number of oxazole rings is 1. The molecular formula is C13H21N3O. The normalized spacial score (nSPS) is 21.2. The van der Waals surface area contributed by atoms with Gasteiger partial charge in [-0.3, -0.25) is 0 Å². The molecule has 4 heteroatoms. The van der Waals surface area contributed by atoms with Crippen molar-refractivity contribution in [2.24, 2.45) is 5.92 Å². The predicted molar refractivity (Wildman–Crippen MR) is 67.2 cm³/mol. The Balaban J connectivity index is 1.55. The van der Waals surface area contributed by atoms with E-state index in [-0.39, 0.29) is 0 Å². The van der Waals surface area contributed by atoms with Crippen LogP contribution < -0.4 is 10.6 Å². The molecular weight excluding hydrogens is 214 g/mol. The van der Waals surface area contributed by atoms with E-state index >= 15 is 0 Å². The van der Waals surface area contributed by atoms with Gasteiger partial charge in [-0.15, -0.1) is 0 Å². The van der Waals surface area contributed by atoms with Gasteiger partial charge in [0.1, 0.15) is 5.76 Å². The monoisotopic (exact) mass is 235 g/mol. The van der Waals surface area contributed by atoms with E-state index in [9.17, 15) is 0 Å². The third-order valence-electron chi connectivity index (χ3n) is 3.85. The molecule has 1 aromatic rings. The van der Waals surface area contributed by atoms with Gasteiger partial charge in [0, 0.05) is 13.0 Å². The highest BCUT2D eigenvalue weighted by Gasteiger charge is 2.18. The standard InChI is InChI=1S/C13H21N3O/c1-2-4-12-11(3-1)16-13(17-12)15-9-10-5-7-14-8-6-10/h10,14H,1-9H2,(H,15,16). The largest absolute Gasteiger partial charge is 0.428 e. The van der Waals surface area contributed by atoms with E-state index in [4.69, 9.17) is 4.42 Å². The van der Waals surface area contributed by atoms with E-state index in [0.29, 0.717) is 0 Å². The predicted octanol–water partition coefficient (Wildman–Crippen LogP) is 1.96. The van der Waals surface area contributed by atoms with Gasteiger partial charge in [-0.05, 0) is 51.1 Å². The highest BCUT2D eigenvalue weighted by molar-refractivity contribution is 5.27. The Morgan fingerprint density at radius 3 is 2.88 bits per heavy atom. The Morgan fingerprint density at radius 1 is 1.24 bits per heavy atom. The number of nitrogens with one attached hydrogen (secondary N) is 2. The van der Waals surface area contributed by atoms with Crippen LogP contribution in [0.25, 0.3) is 0 Å². The summed E-state index contributed by atoms with van der Waals surface area (Å²) < 4.78 is 5.76. The molecule has 2 heterocycles. The maximum atomic E-state index is 5.76. The Morgan fingerprint density at radius 2 is 2.06 bits per heavy atom. The summed E-state index contributed by atoms with van der Waals surface area (Å²) >= 11 is 0. The summed E-state index contributed by atoms with van der Waals surface area (Å²) in [6.45, 7) is 3.30. The van der Waals surface area contributed by atoms with Gasteiger partial charge < -0.3 is 15.1 Å². The maximum Gasteiger partial charge on any atom is 0.295 e. The maximum absolute atomic E-state index is 5.76. The molecule has 4 nitrogen and oxygen atoms in total. The molecule has 94 valence electrons. The zero-order valence-corrected chi connectivity index (χ0v) is 10.3. The van der Waals surface area contributed by atoms with Crippen LogP contribution in [-0.4, -0.2) is 24.6 Å². The number of piperidine rings is 1. The minimum absolute atomic E-state index is 0.746. The third kappa shape index (κ3) is 2.63. The Kier molecular flexibility index (Phi) is 3.31. The van der Waals surface area contributed by atoms with E-state index < -0.39 is 0 Å². The molecule has 0 saturated carbocycles. The molecule has 0 atom stereocenters. The molecule has 1 fully saturated rings. The fourth-order valence-electron chi connectivity index (χ4n) is 2.75. The van der Waals surface area contributed by atoms with Gasteiger partial charge in [0.25, 0.3) is 6.01 Å². The number of aromatic nitrogens is 1. The zero-order valence-electron chi connectivity index (χ0n) is 10.3. The Bertz CT molecular complexity index is 345. The summed E-state index contributed by atoms with van der Waals surface area (Å²) in [5.41, 5.74) is 1.18. The van der Waals surface area contributed by atoms with Crippen LogP contribution in [0, 0.1) is 5.92 Å². The Labute approximate surface area is 102 Å². The summed E-state index contributed by atoms with van der Waals surface area (Å²) in [6.07, 6.45) is 7.18. The quantitative estimate of drug-likeness (QED) is 0.841. The second-order valence-corrected chi connectivity index (χ2v) is 5.17. The zero-order chi connectivity index (χ0) is 11.5. The molecule has 1 saturated heterocycles. The van der Waals surface area contributed by atoms with Crippen molar-refractivity contribution in [3.8, 4) is 0 Å². The molecule has 0 spiro atoms. The molecule has 0 unspecified atom stereocenters. The molecule has 1 aliphatic carbocycles. The van der Waals surface area contributed by atoms with Gasteiger partial charge in [0.15, 0.2) is 0 Å². The lowest BCUT2D eigenvalue weighted by molar-refractivity contribution is 0.385. The molecule has 2 N–H and O–H groups in total. The Hall–Kier alpha value is -1.03. The lowest BCUT2D eigenvalue weighted by Gasteiger charge is -2.22. The smallest absolute Gasteiger partial charge is 0.295 e. The fourth-order valence-corrected chi connectivity index (χ4v) is 2.75. The summed E-state index contributed by atoms with van der Waals surface area (Å²) in [7, 11) is 0. The molecule has 1 aromatic heterocycles. The molecule has 0 bridgehead atoms. The topological polar surface area (TPSA) is 50.1 Å². The molecule has 3 rings (SSSR count). The number of hydrogen-bond acceptors (Lipinski definition) is 4. The first-order valence-electron chi connectivity index (χ1n) is 6.85. The van der Waals surface area contributed by atoms with Crippen molar-refractivity contribution in [3.63, 3.8) is 0 Å². The number of nitrogens with zero attached hydrogens (tertiary/aromatic N) is 1. The SMILES string of the molecule is C1CCc2oc(NCC3CCNCC3)nc2C1. The van der Waals surface area contributed by atoms with Gasteiger partial charge in [-0.2, -0.15) is 4.98 Å². The summed E-state index contributed by atoms with van der Waals surface area (Å²) in [4.78, 5) is 4.54. The lowest BCUT2D eigenvalue weighted by atomic mass is 9.98. The second-order valence-electron chi connectivity index (χ2n) is 5.17. The van der Waals surface area contributed by atoms with E-state index in [1.807, 2.05) is 0 Å². The summed E-state index contributed by atoms with van der Waals surface area (Å²) in [5.74, 6) is 1.88. The van der Waals surface area contributed by atoms with Gasteiger partial charge in [0.05, 0.1) is 5.69 Å². The van der Waals surface area contributed by atoms with Crippen molar-refractivity contribution < 1.29 is 4.42 Å². The van der Waals surface area contributed by atoms with Crippen LogP contribution in [0.2, 0.25) is 0 Å². The van der Waals surface area contributed by atoms with Crippen LogP contribution in [-0.2, 0) is 12.8 Å². The highest BCUT2D eigenvalue weighted by atomic mass is 16.4. The average Bonchev–Trinajstić information content (AvgIpc) is 2.80. The number of hydrogen-bond donors (Lipinski definition) is 2. The highest BCUT2D eigenvalue weighted by Crippen LogP contribution is 2.24. The van der Waals surface area contributed by atoms with Crippen LogP contribution in [0.3, 0.4) is 0 Å². The van der Waals surface area contributed by atoms with E-state index in [0.717, 1.165) is 50.2 Å². The minimum Gasteiger partial charge on any atom is -0.428 e. The van der Waals surface area contributed by atoms with Gasteiger partial charge >= 0.3 is 0 Å². The van der Waals surface area contributed by atoms with Crippen LogP contribution in [0.4, 0.5) is 6.01 Å². The van der Waals surface area contributed by atoms with Crippen molar-refractivity contribution in [1.82, 2.24) is 10.3 Å². The number of fused-ring (bicyclic) bond motifs is 1. The molecule has 0 amide bonds. The average molecular weight is 235 g/mol. The van der Waals surface area contributed by atoms with Crippen molar-refractivity contribution in [2.75, 3.05) is 25.0 Å².